The van der Waals surface area contributed by atoms with Crippen LogP contribution in [0.3, 0.4) is 0 Å². The van der Waals surface area contributed by atoms with Crippen molar-refractivity contribution in [3.05, 3.63) is 34.2 Å². The van der Waals surface area contributed by atoms with E-state index in [1.165, 1.54) is 31.1 Å². The van der Waals surface area contributed by atoms with Gasteiger partial charge >= 0.3 is 0 Å². The van der Waals surface area contributed by atoms with E-state index in [-0.39, 0.29) is 0 Å². The SMILES string of the molecule is O=S1(=O)C=C(CN2CCCCCC2)c2ccc(Cl)cc21. The molecule has 3 rings (SSSR count). The number of halogens is 1. The van der Waals surface area contributed by atoms with Crippen molar-refractivity contribution in [3.8, 4) is 0 Å². The summed E-state index contributed by atoms with van der Waals surface area (Å²) in [5.41, 5.74) is 1.72. The number of sulfone groups is 1. The summed E-state index contributed by atoms with van der Waals surface area (Å²) >= 11 is 5.91. The third kappa shape index (κ3) is 2.78. The first kappa shape index (κ1) is 14.1. The van der Waals surface area contributed by atoms with E-state index in [1.807, 2.05) is 6.07 Å². The molecule has 0 N–H and O–H groups in total. The molecule has 0 atom stereocenters. The molecule has 0 radical (unpaired) electrons. The number of benzene rings is 1. The zero-order valence-corrected chi connectivity index (χ0v) is 12.9. The molecule has 0 saturated carbocycles. The predicted octanol–water partition coefficient (Wildman–Crippen LogP) is 3.34. The number of hydrogen-bond acceptors (Lipinski definition) is 3. The van der Waals surface area contributed by atoms with Crippen molar-refractivity contribution < 1.29 is 8.42 Å². The van der Waals surface area contributed by atoms with Gasteiger partial charge in [0.05, 0.1) is 4.90 Å². The van der Waals surface area contributed by atoms with Crippen molar-refractivity contribution in [2.75, 3.05) is 19.6 Å². The lowest BCUT2D eigenvalue weighted by atomic mass is 10.1. The average molecular weight is 312 g/mol. The highest BCUT2D eigenvalue weighted by Crippen LogP contribution is 2.35. The molecule has 2 heterocycles. The fraction of sp³-hybridized carbons (Fsp3) is 0.467. The van der Waals surface area contributed by atoms with Crippen LogP contribution in [0.2, 0.25) is 5.02 Å². The van der Waals surface area contributed by atoms with Gasteiger partial charge in [0.2, 0.25) is 9.84 Å². The number of hydrogen-bond donors (Lipinski definition) is 0. The van der Waals surface area contributed by atoms with Crippen LogP contribution >= 0.6 is 11.6 Å². The largest absolute Gasteiger partial charge is 0.299 e. The van der Waals surface area contributed by atoms with E-state index >= 15 is 0 Å². The van der Waals surface area contributed by atoms with Gasteiger partial charge in [0, 0.05) is 17.0 Å². The van der Waals surface area contributed by atoms with Crippen molar-refractivity contribution in [1.29, 1.82) is 0 Å². The third-order valence-corrected chi connectivity index (χ3v) is 5.77. The summed E-state index contributed by atoms with van der Waals surface area (Å²) in [5.74, 6) is 0. The van der Waals surface area contributed by atoms with Crippen LogP contribution in [-0.4, -0.2) is 33.0 Å². The van der Waals surface area contributed by atoms with Crippen LogP contribution in [0.25, 0.3) is 5.57 Å². The van der Waals surface area contributed by atoms with Gasteiger partial charge in [-0.15, -0.1) is 0 Å². The van der Waals surface area contributed by atoms with Gasteiger partial charge in [-0.25, -0.2) is 8.42 Å². The fourth-order valence-corrected chi connectivity index (χ4v) is 4.71. The van der Waals surface area contributed by atoms with Gasteiger partial charge in [-0.05, 0) is 49.2 Å². The first-order chi connectivity index (χ1) is 9.56. The molecule has 108 valence electrons. The summed E-state index contributed by atoms with van der Waals surface area (Å²) in [6.07, 6.45) is 4.96. The third-order valence-electron chi connectivity index (χ3n) is 3.99. The minimum absolute atomic E-state index is 0.356. The minimum atomic E-state index is -3.31. The number of fused-ring (bicyclic) bond motifs is 1. The van der Waals surface area contributed by atoms with Gasteiger partial charge in [-0.2, -0.15) is 0 Å². The molecule has 20 heavy (non-hydrogen) atoms. The van der Waals surface area contributed by atoms with Gasteiger partial charge in [0.15, 0.2) is 0 Å². The van der Waals surface area contributed by atoms with Crippen LogP contribution in [0.5, 0.6) is 0 Å². The fourth-order valence-electron chi connectivity index (χ4n) is 2.97. The molecule has 5 heteroatoms. The van der Waals surface area contributed by atoms with E-state index in [2.05, 4.69) is 4.90 Å². The normalized spacial score (nSPS) is 22.1. The Morgan fingerprint density at radius 2 is 1.80 bits per heavy atom. The van der Waals surface area contributed by atoms with Gasteiger partial charge in [0.1, 0.15) is 0 Å². The van der Waals surface area contributed by atoms with Crippen LogP contribution in [0, 0.1) is 0 Å². The van der Waals surface area contributed by atoms with Gasteiger partial charge in [0.25, 0.3) is 0 Å². The van der Waals surface area contributed by atoms with Crippen molar-refractivity contribution in [2.24, 2.45) is 0 Å². The molecular weight excluding hydrogens is 294 g/mol. The van der Waals surface area contributed by atoms with Crippen LogP contribution in [-0.2, 0) is 9.84 Å². The summed E-state index contributed by atoms with van der Waals surface area (Å²) < 4.78 is 24.3. The Hall–Kier alpha value is -0.840. The smallest absolute Gasteiger partial charge is 0.200 e. The molecule has 2 aliphatic heterocycles. The Kier molecular flexibility index (Phi) is 3.89. The van der Waals surface area contributed by atoms with E-state index in [9.17, 15) is 8.42 Å². The molecule has 1 saturated heterocycles. The van der Waals surface area contributed by atoms with E-state index in [4.69, 9.17) is 11.6 Å². The van der Waals surface area contributed by atoms with Crippen molar-refractivity contribution >= 4 is 27.0 Å². The Labute approximate surface area is 125 Å². The zero-order valence-electron chi connectivity index (χ0n) is 11.3. The highest BCUT2D eigenvalue weighted by atomic mass is 35.5. The van der Waals surface area contributed by atoms with Crippen molar-refractivity contribution in [2.45, 2.75) is 30.6 Å². The second kappa shape index (κ2) is 5.51. The molecule has 0 bridgehead atoms. The van der Waals surface area contributed by atoms with E-state index in [0.29, 0.717) is 16.5 Å². The van der Waals surface area contributed by atoms with E-state index in [0.717, 1.165) is 24.2 Å². The topological polar surface area (TPSA) is 37.4 Å². The molecule has 0 amide bonds. The maximum Gasteiger partial charge on any atom is 0.200 e. The van der Waals surface area contributed by atoms with E-state index in [1.54, 1.807) is 12.1 Å². The molecule has 0 aromatic heterocycles. The van der Waals surface area contributed by atoms with Crippen molar-refractivity contribution in [3.63, 3.8) is 0 Å². The maximum atomic E-state index is 12.2. The second-order valence-electron chi connectivity index (χ2n) is 5.52. The quantitative estimate of drug-likeness (QED) is 0.840. The molecule has 3 nitrogen and oxygen atoms in total. The highest BCUT2D eigenvalue weighted by Gasteiger charge is 2.28. The molecule has 1 aromatic rings. The summed E-state index contributed by atoms with van der Waals surface area (Å²) in [7, 11) is -3.31. The lowest BCUT2D eigenvalue weighted by Gasteiger charge is -2.20. The first-order valence-electron chi connectivity index (χ1n) is 7.04. The highest BCUT2D eigenvalue weighted by molar-refractivity contribution is 7.95. The van der Waals surface area contributed by atoms with Crippen LogP contribution < -0.4 is 0 Å². The van der Waals surface area contributed by atoms with Crippen LogP contribution in [0.1, 0.15) is 31.2 Å². The lowest BCUT2D eigenvalue weighted by Crippen LogP contribution is -2.26. The Morgan fingerprint density at radius 3 is 2.50 bits per heavy atom. The molecule has 1 fully saturated rings. The molecule has 1 aromatic carbocycles. The molecule has 0 unspecified atom stereocenters. The number of likely N-dealkylation sites (tertiary alicyclic amines) is 1. The van der Waals surface area contributed by atoms with Crippen LogP contribution in [0.4, 0.5) is 0 Å². The minimum Gasteiger partial charge on any atom is -0.299 e. The number of nitrogens with zero attached hydrogens (tertiary/aromatic N) is 1. The summed E-state index contributed by atoms with van der Waals surface area (Å²) in [5, 5.41) is 1.88. The van der Waals surface area contributed by atoms with Crippen LogP contribution in [0.15, 0.2) is 28.5 Å². The second-order valence-corrected chi connectivity index (χ2v) is 7.72. The molecular formula is C15H18ClNO2S. The predicted molar refractivity (Wildman–Crippen MR) is 81.5 cm³/mol. The van der Waals surface area contributed by atoms with Gasteiger partial charge in [-0.1, -0.05) is 30.5 Å². The Balaban J connectivity index is 1.88. The zero-order chi connectivity index (χ0) is 14.2. The Bertz CT molecular complexity index is 644. The average Bonchev–Trinajstić information content (AvgIpc) is 2.59. The molecule has 2 aliphatic rings. The molecule has 0 spiro atoms. The van der Waals surface area contributed by atoms with Gasteiger partial charge < -0.3 is 0 Å². The number of rotatable bonds is 2. The summed E-state index contributed by atoms with van der Waals surface area (Å²) in [6, 6.07) is 5.14. The maximum absolute atomic E-state index is 12.2. The summed E-state index contributed by atoms with van der Waals surface area (Å²) in [6.45, 7) is 2.83. The summed E-state index contributed by atoms with van der Waals surface area (Å²) in [4.78, 5) is 2.72. The monoisotopic (exact) mass is 311 g/mol. The first-order valence-corrected chi connectivity index (χ1v) is 8.97. The van der Waals surface area contributed by atoms with E-state index < -0.39 is 9.84 Å². The van der Waals surface area contributed by atoms with Crippen molar-refractivity contribution in [1.82, 2.24) is 4.90 Å². The standard InChI is InChI=1S/C15H18ClNO2S/c16-13-5-6-14-12(11-20(18,19)15(14)9-13)10-17-7-3-1-2-4-8-17/h5-6,9,11H,1-4,7-8,10H2. The molecule has 0 aliphatic carbocycles. The Morgan fingerprint density at radius 1 is 1.10 bits per heavy atom. The lowest BCUT2D eigenvalue weighted by molar-refractivity contribution is 0.320. The van der Waals surface area contributed by atoms with Gasteiger partial charge in [-0.3, -0.25) is 4.90 Å².